The topological polar surface area (TPSA) is 61.4 Å². The summed E-state index contributed by atoms with van der Waals surface area (Å²) in [5.41, 5.74) is 0. The van der Waals surface area contributed by atoms with Gasteiger partial charge in [0.05, 0.1) is 0 Å². The van der Waals surface area contributed by atoms with Crippen molar-refractivity contribution in [3.8, 4) is 0 Å². The summed E-state index contributed by atoms with van der Waals surface area (Å²) < 4.78 is 0. The van der Waals surface area contributed by atoms with E-state index in [1.807, 2.05) is 0 Å². The van der Waals surface area contributed by atoms with E-state index in [1.165, 1.54) is 12.8 Å². The summed E-state index contributed by atoms with van der Waals surface area (Å²) >= 11 is 0. The van der Waals surface area contributed by atoms with Gasteiger partial charge in [-0.3, -0.25) is 4.79 Å². The highest BCUT2D eigenvalue weighted by Gasteiger charge is 2.12. The molecule has 0 spiro atoms. The molecule has 78 valence electrons. The predicted octanol–water partition coefficient (Wildman–Crippen LogP) is 0.439. The first-order chi connectivity index (χ1) is 6.22. The number of hydrogen-bond donors (Lipinski definition) is 3. The molecule has 0 heterocycles. The lowest BCUT2D eigenvalue weighted by molar-refractivity contribution is -0.139. The Morgan fingerprint density at radius 3 is 2.62 bits per heavy atom. The van der Waals surface area contributed by atoms with Crippen LogP contribution in [-0.4, -0.2) is 37.3 Å². The number of carboxylic acids is 1. The van der Waals surface area contributed by atoms with E-state index >= 15 is 0 Å². The van der Waals surface area contributed by atoms with Crippen LogP contribution in [0, 0.1) is 0 Å². The van der Waals surface area contributed by atoms with Crippen molar-refractivity contribution in [2.45, 2.75) is 32.2 Å². The molecule has 1 unspecified atom stereocenters. The van der Waals surface area contributed by atoms with Gasteiger partial charge in [0.2, 0.25) is 0 Å². The van der Waals surface area contributed by atoms with Crippen LogP contribution in [0.1, 0.15) is 26.2 Å². The van der Waals surface area contributed by atoms with Crippen LogP contribution in [0.4, 0.5) is 0 Å². The summed E-state index contributed by atoms with van der Waals surface area (Å²) in [6.45, 7) is 3.54. The second-order valence-corrected chi connectivity index (χ2v) is 3.09. The number of likely N-dealkylation sites (N-methyl/N-ethyl adjacent to an activating group) is 1. The smallest absolute Gasteiger partial charge is 0.322 e. The highest BCUT2D eigenvalue weighted by atomic mass is 16.4. The summed E-state index contributed by atoms with van der Waals surface area (Å²) in [5.74, 6) is -0.800. The van der Waals surface area contributed by atoms with Crippen LogP contribution < -0.4 is 10.6 Å². The molecule has 0 radical (unpaired) electrons. The second-order valence-electron chi connectivity index (χ2n) is 3.09. The minimum Gasteiger partial charge on any atom is -0.480 e. The van der Waals surface area contributed by atoms with Gasteiger partial charge >= 0.3 is 5.97 Å². The number of nitrogens with one attached hydrogen (secondary N) is 2. The van der Waals surface area contributed by atoms with Gasteiger partial charge in [0, 0.05) is 6.54 Å². The highest BCUT2D eigenvalue weighted by Crippen LogP contribution is 1.91. The molecule has 0 aromatic rings. The van der Waals surface area contributed by atoms with E-state index in [0.29, 0.717) is 6.54 Å². The summed E-state index contributed by atoms with van der Waals surface area (Å²) in [4.78, 5) is 10.5. The van der Waals surface area contributed by atoms with Crippen molar-refractivity contribution >= 4 is 5.97 Å². The minimum absolute atomic E-state index is 0.471. The first kappa shape index (κ1) is 12.4. The monoisotopic (exact) mass is 188 g/mol. The summed E-state index contributed by atoms with van der Waals surface area (Å²) in [6, 6.07) is -0.471. The van der Waals surface area contributed by atoms with E-state index in [0.717, 1.165) is 13.0 Å². The van der Waals surface area contributed by atoms with Gasteiger partial charge in [-0.05, 0) is 20.0 Å². The summed E-state index contributed by atoms with van der Waals surface area (Å²) in [5, 5.41) is 14.5. The molecular formula is C9H20N2O2. The Hall–Kier alpha value is -0.610. The van der Waals surface area contributed by atoms with Gasteiger partial charge in [0.1, 0.15) is 6.04 Å². The molecule has 0 aliphatic heterocycles. The Balaban J connectivity index is 3.33. The Morgan fingerprint density at radius 1 is 1.46 bits per heavy atom. The predicted molar refractivity (Wildman–Crippen MR) is 52.9 cm³/mol. The number of carboxylic acid groups (broad SMARTS) is 1. The average Bonchev–Trinajstić information content (AvgIpc) is 2.10. The Bertz CT molecular complexity index is 140. The maximum Gasteiger partial charge on any atom is 0.322 e. The van der Waals surface area contributed by atoms with Crippen LogP contribution in [0.2, 0.25) is 0 Å². The van der Waals surface area contributed by atoms with Crippen molar-refractivity contribution in [3.63, 3.8) is 0 Å². The molecule has 0 aliphatic carbocycles. The van der Waals surface area contributed by atoms with Crippen molar-refractivity contribution in [1.82, 2.24) is 10.6 Å². The Kier molecular flexibility index (Phi) is 7.63. The fourth-order valence-electron chi connectivity index (χ4n) is 1.06. The first-order valence-electron chi connectivity index (χ1n) is 4.83. The van der Waals surface area contributed by atoms with Crippen LogP contribution >= 0.6 is 0 Å². The molecule has 1 atom stereocenters. The maximum absolute atomic E-state index is 10.5. The molecule has 13 heavy (non-hydrogen) atoms. The fourth-order valence-corrected chi connectivity index (χ4v) is 1.06. The first-order valence-corrected chi connectivity index (χ1v) is 4.83. The van der Waals surface area contributed by atoms with E-state index in [-0.39, 0.29) is 0 Å². The summed E-state index contributed by atoms with van der Waals surface area (Å²) in [6.07, 6.45) is 3.51. The fraction of sp³-hybridized carbons (Fsp3) is 0.889. The zero-order valence-corrected chi connectivity index (χ0v) is 8.47. The van der Waals surface area contributed by atoms with Crippen molar-refractivity contribution in [3.05, 3.63) is 0 Å². The molecule has 0 aromatic heterocycles. The maximum atomic E-state index is 10.5. The van der Waals surface area contributed by atoms with Crippen molar-refractivity contribution < 1.29 is 9.90 Å². The molecule has 0 aromatic carbocycles. The number of rotatable bonds is 8. The molecule has 0 bridgehead atoms. The average molecular weight is 188 g/mol. The van der Waals surface area contributed by atoms with Crippen LogP contribution in [0.25, 0.3) is 0 Å². The van der Waals surface area contributed by atoms with E-state index in [1.54, 1.807) is 7.05 Å². The zero-order valence-electron chi connectivity index (χ0n) is 8.47. The highest BCUT2D eigenvalue weighted by molar-refractivity contribution is 5.73. The lowest BCUT2D eigenvalue weighted by Crippen LogP contribution is -2.42. The Morgan fingerprint density at radius 2 is 2.15 bits per heavy atom. The quantitative estimate of drug-likeness (QED) is 0.484. The Labute approximate surface area is 79.7 Å². The molecule has 0 saturated carbocycles. The van der Waals surface area contributed by atoms with Crippen LogP contribution in [0.3, 0.4) is 0 Å². The molecule has 0 aliphatic rings. The zero-order chi connectivity index (χ0) is 10.1. The second kappa shape index (κ2) is 8.01. The van der Waals surface area contributed by atoms with Crippen molar-refractivity contribution in [1.29, 1.82) is 0 Å². The van der Waals surface area contributed by atoms with Crippen LogP contribution in [0.5, 0.6) is 0 Å². The summed E-state index contributed by atoms with van der Waals surface area (Å²) in [7, 11) is 1.66. The number of hydrogen-bond acceptors (Lipinski definition) is 3. The lowest BCUT2D eigenvalue weighted by Gasteiger charge is -2.11. The van der Waals surface area contributed by atoms with Gasteiger partial charge < -0.3 is 15.7 Å². The van der Waals surface area contributed by atoms with Gasteiger partial charge in [0.15, 0.2) is 0 Å². The van der Waals surface area contributed by atoms with Gasteiger partial charge in [-0.25, -0.2) is 0 Å². The molecular weight excluding hydrogens is 168 g/mol. The van der Waals surface area contributed by atoms with Gasteiger partial charge in [-0.1, -0.05) is 19.8 Å². The standard InChI is InChI=1S/C9H20N2O2/c1-3-4-5-6-11-7-8(10-2)9(12)13/h8,10-11H,3-7H2,1-2H3,(H,12,13). The molecule has 4 heteroatoms. The minimum atomic E-state index is -0.800. The third-order valence-electron chi connectivity index (χ3n) is 1.95. The molecule has 0 rings (SSSR count). The van der Waals surface area contributed by atoms with E-state index in [2.05, 4.69) is 17.6 Å². The van der Waals surface area contributed by atoms with Crippen LogP contribution in [0.15, 0.2) is 0 Å². The van der Waals surface area contributed by atoms with Gasteiger partial charge in [0.25, 0.3) is 0 Å². The normalized spacial score (nSPS) is 12.8. The van der Waals surface area contributed by atoms with Crippen molar-refractivity contribution in [2.75, 3.05) is 20.1 Å². The lowest BCUT2D eigenvalue weighted by atomic mass is 10.2. The van der Waals surface area contributed by atoms with E-state index < -0.39 is 12.0 Å². The van der Waals surface area contributed by atoms with Crippen molar-refractivity contribution in [2.24, 2.45) is 0 Å². The number of unbranched alkanes of at least 4 members (excludes halogenated alkanes) is 2. The van der Waals surface area contributed by atoms with Gasteiger partial charge in [-0.15, -0.1) is 0 Å². The third-order valence-corrected chi connectivity index (χ3v) is 1.95. The molecule has 4 nitrogen and oxygen atoms in total. The van der Waals surface area contributed by atoms with E-state index in [9.17, 15) is 4.79 Å². The SMILES string of the molecule is CCCCCNCC(NC)C(=O)O. The molecule has 3 N–H and O–H groups in total. The molecule has 0 saturated heterocycles. The van der Waals surface area contributed by atoms with Gasteiger partial charge in [-0.2, -0.15) is 0 Å². The van der Waals surface area contributed by atoms with Crippen LogP contribution in [-0.2, 0) is 4.79 Å². The largest absolute Gasteiger partial charge is 0.480 e. The van der Waals surface area contributed by atoms with E-state index in [4.69, 9.17) is 5.11 Å². The number of aliphatic carboxylic acids is 1. The molecule has 0 fully saturated rings. The third kappa shape index (κ3) is 6.54. The molecule has 0 amide bonds. The number of carbonyl (C=O) groups is 1.